The first kappa shape index (κ1) is 22.0. The first-order valence-electron chi connectivity index (χ1n) is 9.86. The van der Waals surface area contributed by atoms with E-state index in [4.69, 9.17) is 17.0 Å². The zero-order chi connectivity index (χ0) is 22.7. The average Bonchev–Trinajstić information content (AvgIpc) is 3.29. The zero-order valence-corrected chi connectivity index (χ0v) is 18.8. The maximum Gasteiger partial charge on any atom is 0.266 e. The molecule has 0 atom stereocenters. The summed E-state index contributed by atoms with van der Waals surface area (Å²) in [5, 5.41) is 3.59. The van der Waals surface area contributed by atoms with E-state index in [2.05, 4.69) is 10.3 Å². The Labute approximate surface area is 193 Å². The number of nitrogens with zero attached hydrogens (tertiary/aromatic N) is 1. The van der Waals surface area contributed by atoms with Gasteiger partial charge in [0.2, 0.25) is 5.91 Å². The number of aromatic amines is 1. The van der Waals surface area contributed by atoms with Crippen molar-refractivity contribution in [1.82, 2.24) is 15.2 Å². The van der Waals surface area contributed by atoms with E-state index in [-0.39, 0.29) is 24.2 Å². The average molecular weight is 470 g/mol. The van der Waals surface area contributed by atoms with E-state index < -0.39 is 0 Å². The molecule has 1 aliphatic heterocycles. The summed E-state index contributed by atoms with van der Waals surface area (Å²) in [6.07, 6.45) is 4.08. The number of fused-ring (bicyclic) bond motifs is 1. The van der Waals surface area contributed by atoms with E-state index in [0.717, 1.165) is 27.8 Å². The van der Waals surface area contributed by atoms with Crippen LogP contribution in [0.4, 0.5) is 4.39 Å². The number of halogens is 1. The lowest BCUT2D eigenvalue weighted by Gasteiger charge is -2.14. The molecule has 1 saturated heterocycles. The summed E-state index contributed by atoms with van der Waals surface area (Å²) < 4.78 is 19.0. The molecule has 0 spiro atoms. The molecule has 1 fully saturated rings. The van der Waals surface area contributed by atoms with Gasteiger partial charge in [-0.25, -0.2) is 4.39 Å². The van der Waals surface area contributed by atoms with Crippen LogP contribution in [-0.4, -0.2) is 46.2 Å². The number of carbonyl (C=O) groups excluding carboxylic acids is 2. The first-order valence-corrected chi connectivity index (χ1v) is 11.1. The molecule has 3 aromatic rings. The highest BCUT2D eigenvalue weighted by molar-refractivity contribution is 8.26. The molecule has 0 aliphatic carbocycles. The molecule has 0 saturated carbocycles. The maximum atomic E-state index is 13.5. The molecule has 2 amide bonds. The molecule has 1 aliphatic rings. The standard InChI is InChI=1S/C23H20FN3O3S2/c1-30-17-5-2-14(3-6-17)10-20-22(29)27(23(31)32-20)13-21(28)25-9-8-15-12-26-19-7-4-16(24)11-18(15)19/h2-7,10-12,26H,8-9,13H2,1H3,(H,25,28). The fourth-order valence-corrected chi connectivity index (χ4v) is 4.64. The Kier molecular flexibility index (Phi) is 6.57. The minimum absolute atomic E-state index is 0.146. The van der Waals surface area contributed by atoms with Crippen molar-refractivity contribution in [2.45, 2.75) is 6.42 Å². The van der Waals surface area contributed by atoms with Gasteiger partial charge >= 0.3 is 0 Å². The number of hydrogen-bond donors (Lipinski definition) is 2. The number of thiocarbonyl (C=S) groups is 1. The fourth-order valence-electron chi connectivity index (χ4n) is 3.38. The maximum absolute atomic E-state index is 13.5. The quantitative estimate of drug-likeness (QED) is 0.406. The number of amides is 2. The number of ether oxygens (including phenoxy) is 1. The van der Waals surface area contributed by atoms with Crippen LogP contribution in [0.3, 0.4) is 0 Å². The lowest BCUT2D eigenvalue weighted by molar-refractivity contribution is -0.128. The van der Waals surface area contributed by atoms with Crippen molar-refractivity contribution >= 4 is 57.1 Å². The second-order valence-corrected chi connectivity index (χ2v) is 8.82. The van der Waals surface area contributed by atoms with Crippen LogP contribution in [0.5, 0.6) is 5.75 Å². The van der Waals surface area contributed by atoms with Crippen LogP contribution in [-0.2, 0) is 16.0 Å². The summed E-state index contributed by atoms with van der Waals surface area (Å²) in [7, 11) is 1.59. The molecule has 1 aromatic heterocycles. The summed E-state index contributed by atoms with van der Waals surface area (Å²) >= 11 is 6.47. The number of aromatic nitrogens is 1. The van der Waals surface area contributed by atoms with E-state index in [1.165, 1.54) is 28.8 Å². The van der Waals surface area contributed by atoms with Gasteiger partial charge in [0, 0.05) is 23.6 Å². The Balaban J connectivity index is 1.33. The molecule has 32 heavy (non-hydrogen) atoms. The molecule has 0 radical (unpaired) electrons. The molecule has 0 unspecified atom stereocenters. The largest absolute Gasteiger partial charge is 0.497 e. The minimum Gasteiger partial charge on any atom is -0.497 e. The molecular formula is C23H20FN3O3S2. The molecule has 9 heteroatoms. The Morgan fingerprint density at radius 1 is 1.28 bits per heavy atom. The van der Waals surface area contributed by atoms with Crippen LogP contribution in [0.15, 0.2) is 53.6 Å². The number of H-pyrrole nitrogens is 1. The van der Waals surface area contributed by atoms with Gasteiger partial charge in [-0.2, -0.15) is 0 Å². The van der Waals surface area contributed by atoms with Gasteiger partial charge in [-0.1, -0.05) is 36.1 Å². The second-order valence-electron chi connectivity index (χ2n) is 7.14. The number of carbonyl (C=O) groups is 2. The van der Waals surface area contributed by atoms with Crippen molar-refractivity contribution in [3.05, 3.63) is 70.5 Å². The monoisotopic (exact) mass is 469 g/mol. The lowest BCUT2D eigenvalue weighted by atomic mass is 10.1. The van der Waals surface area contributed by atoms with E-state index in [1.807, 2.05) is 30.5 Å². The van der Waals surface area contributed by atoms with Crippen LogP contribution in [0, 0.1) is 5.82 Å². The van der Waals surface area contributed by atoms with Crippen LogP contribution in [0.25, 0.3) is 17.0 Å². The molecule has 2 N–H and O–H groups in total. The number of nitrogens with one attached hydrogen (secondary N) is 2. The Hall–Kier alpha value is -3.17. The number of hydrogen-bond acceptors (Lipinski definition) is 5. The fraction of sp³-hybridized carbons (Fsp3) is 0.174. The molecule has 4 rings (SSSR count). The summed E-state index contributed by atoms with van der Waals surface area (Å²) in [6, 6.07) is 11.9. The minimum atomic E-state index is -0.307. The van der Waals surface area contributed by atoms with Gasteiger partial charge in [0.05, 0.1) is 12.0 Å². The third-order valence-electron chi connectivity index (χ3n) is 5.03. The van der Waals surface area contributed by atoms with Crippen LogP contribution in [0.1, 0.15) is 11.1 Å². The first-order chi connectivity index (χ1) is 15.4. The summed E-state index contributed by atoms with van der Waals surface area (Å²) in [5.41, 5.74) is 2.59. The van der Waals surface area contributed by atoms with E-state index in [0.29, 0.717) is 22.2 Å². The topological polar surface area (TPSA) is 74.4 Å². The Bertz CT molecular complexity index is 1220. The second kappa shape index (κ2) is 9.54. The highest BCUT2D eigenvalue weighted by atomic mass is 32.2. The van der Waals surface area contributed by atoms with Gasteiger partial charge in [-0.3, -0.25) is 14.5 Å². The third kappa shape index (κ3) is 4.84. The smallest absolute Gasteiger partial charge is 0.266 e. The SMILES string of the molecule is COc1ccc(C=C2SC(=S)N(CC(=O)NCCc3c[nH]c4ccc(F)cc34)C2=O)cc1. The van der Waals surface area contributed by atoms with Crippen molar-refractivity contribution < 1.29 is 18.7 Å². The molecule has 2 heterocycles. The van der Waals surface area contributed by atoms with Crippen molar-refractivity contribution in [3.63, 3.8) is 0 Å². The Morgan fingerprint density at radius 2 is 2.06 bits per heavy atom. The van der Waals surface area contributed by atoms with E-state index in [1.54, 1.807) is 19.3 Å². The number of rotatable bonds is 7. The number of methoxy groups -OCH3 is 1. The molecule has 2 aromatic carbocycles. The summed E-state index contributed by atoms with van der Waals surface area (Å²) in [4.78, 5) is 30.0. The molecule has 164 valence electrons. The van der Waals surface area contributed by atoms with Crippen LogP contribution in [0.2, 0.25) is 0 Å². The molecule has 6 nitrogen and oxygen atoms in total. The van der Waals surface area contributed by atoms with Gasteiger partial charge in [-0.05, 0) is 54.0 Å². The summed E-state index contributed by atoms with van der Waals surface area (Å²) in [6.45, 7) is 0.214. The van der Waals surface area contributed by atoms with E-state index >= 15 is 0 Å². The number of benzene rings is 2. The normalized spacial score (nSPS) is 15.1. The van der Waals surface area contributed by atoms with Crippen LogP contribution >= 0.6 is 24.0 Å². The third-order valence-corrected chi connectivity index (χ3v) is 6.41. The molecule has 0 bridgehead atoms. The van der Waals surface area contributed by atoms with Gasteiger partial charge in [0.25, 0.3) is 5.91 Å². The Morgan fingerprint density at radius 3 is 2.81 bits per heavy atom. The highest BCUT2D eigenvalue weighted by Gasteiger charge is 2.33. The van der Waals surface area contributed by atoms with Gasteiger partial charge in [-0.15, -0.1) is 0 Å². The zero-order valence-electron chi connectivity index (χ0n) is 17.2. The van der Waals surface area contributed by atoms with Crippen molar-refractivity contribution in [2.24, 2.45) is 0 Å². The van der Waals surface area contributed by atoms with Gasteiger partial charge in [0.1, 0.15) is 22.4 Å². The van der Waals surface area contributed by atoms with Crippen molar-refractivity contribution in [2.75, 3.05) is 20.2 Å². The van der Waals surface area contributed by atoms with Gasteiger partial charge < -0.3 is 15.0 Å². The predicted molar refractivity (Wildman–Crippen MR) is 128 cm³/mol. The van der Waals surface area contributed by atoms with Crippen LogP contribution < -0.4 is 10.1 Å². The van der Waals surface area contributed by atoms with Gasteiger partial charge in [0.15, 0.2) is 0 Å². The number of thioether (sulfide) groups is 1. The lowest BCUT2D eigenvalue weighted by Crippen LogP contribution is -2.40. The summed E-state index contributed by atoms with van der Waals surface area (Å²) in [5.74, 6) is -0.181. The van der Waals surface area contributed by atoms with E-state index in [9.17, 15) is 14.0 Å². The molecular weight excluding hydrogens is 449 g/mol. The van der Waals surface area contributed by atoms with Crippen molar-refractivity contribution in [1.29, 1.82) is 0 Å². The predicted octanol–water partition coefficient (Wildman–Crippen LogP) is 3.88. The highest BCUT2D eigenvalue weighted by Crippen LogP contribution is 2.32. The van der Waals surface area contributed by atoms with Crippen molar-refractivity contribution in [3.8, 4) is 5.75 Å².